The second-order valence-electron chi connectivity index (χ2n) is 6.91. The molecule has 1 N–H and O–H groups in total. The fraction of sp³-hybridized carbons (Fsp3) is 0.684. The zero-order chi connectivity index (χ0) is 15.2. The summed E-state index contributed by atoms with van der Waals surface area (Å²) >= 11 is 0. The molecule has 1 aliphatic heterocycles. The quantitative estimate of drug-likeness (QED) is 0.874. The highest BCUT2D eigenvalue weighted by Gasteiger charge is 2.23. The zero-order valence-electron chi connectivity index (χ0n) is 13.5. The fourth-order valence-electron chi connectivity index (χ4n) is 3.73. The van der Waals surface area contributed by atoms with Crippen molar-refractivity contribution in [2.45, 2.75) is 50.7 Å². The number of aliphatic hydroxyl groups is 1. The summed E-state index contributed by atoms with van der Waals surface area (Å²) in [6, 6.07) is 9.97. The van der Waals surface area contributed by atoms with Crippen molar-refractivity contribution >= 4 is 0 Å². The van der Waals surface area contributed by atoms with Crippen molar-refractivity contribution in [3.05, 3.63) is 35.9 Å². The Bertz CT molecular complexity index is 422. The van der Waals surface area contributed by atoms with Gasteiger partial charge in [0.25, 0.3) is 0 Å². The van der Waals surface area contributed by atoms with Crippen LogP contribution in [0.2, 0.25) is 0 Å². The molecule has 3 rings (SSSR count). The van der Waals surface area contributed by atoms with E-state index in [-0.39, 0.29) is 6.10 Å². The number of benzene rings is 1. The van der Waals surface area contributed by atoms with Crippen molar-refractivity contribution in [2.75, 3.05) is 26.2 Å². The predicted molar refractivity (Wildman–Crippen MR) is 88.8 cm³/mol. The van der Waals surface area contributed by atoms with Crippen molar-refractivity contribution in [1.82, 2.24) is 4.90 Å². The van der Waals surface area contributed by atoms with Gasteiger partial charge in [0.15, 0.2) is 0 Å². The van der Waals surface area contributed by atoms with Crippen LogP contribution >= 0.6 is 0 Å². The van der Waals surface area contributed by atoms with Gasteiger partial charge in [-0.2, -0.15) is 0 Å². The number of aliphatic hydroxyl groups excluding tert-OH is 1. The molecule has 1 saturated heterocycles. The third-order valence-electron chi connectivity index (χ3n) is 5.19. The molecule has 122 valence electrons. The second-order valence-corrected chi connectivity index (χ2v) is 6.91. The number of hydrogen-bond donors (Lipinski definition) is 1. The van der Waals surface area contributed by atoms with Crippen LogP contribution in [0.1, 0.15) is 50.2 Å². The van der Waals surface area contributed by atoms with Crippen LogP contribution in [-0.2, 0) is 4.74 Å². The third-order valence-corrected chi connectivity index (χ3v) is 5.19. The van der Waals surface area contributed by atoms with E-state index in [9.17, 15) is 5.11 Å². The summed E-state index contributed by atoms with van der Waals surface area (Å²) in [5.74, 6) is 0.818. The maximum atomic E-state index is 10.3. The zero-order valence-corrected chi connectivity index (χ0v) is 13.5. The largest absolute Gasteiger partial charge is 0.387 e. The van der Waals surface area contributed by atoms with E-state index in [1.165, 1.54) is 25.7 Å². The first-order chi connectivity index (χ1) is 10.8. The maximum Gasteiger partial charge on any atom is 0.0916 e. The molecular formula is C19H29NO2. The molecule has 0 bridgehead atoms. The lowest BCUT2D eigenvalue weighted by atomic mass is 10.0. The van der Waals surface area contributed by atoms with Crippen LogP contribution in [0, 0.1) is 5.92 Å². The Labute approximate surface area is 134 Å². The molecule has 1 aromatic carbocycles. The van der Waals surface area contributed by atoms with Gasteiger partial charge in [-0.1, -0.05) is 43.2 Å². The average molecular weight is 303 g/mol. The van der Waals surface area contributed by atoms with Gasteiger partial charge >= 0.3 is 0 Å². The number of hydrogen-bond acceptors (Lipinski definition) is 3. The molecule has 1 saturated carbocycles. The van der Waals surface area contributed by atoms with E-state index in [0.717, 1.165) is 50.6 Å². The summed E-state index contributed by atoms with van der Waals surface area (Å²) in [4.78, 5) is 2.37. The van der Waals surface area contributed by atoms with Gasteiger partial charge in [-0.3, -0.25) is 0 Å². The van der Waals surface area contributed by atoms with Crippen molar-refractivity contribution in [3.8, 4) is 0 Å². The summed E-state index contributed by atoms with van der Waals surface area (Å²) in [5, 5.41) is 10.3. The minimum atomic E-state index is -0.378. The first-order valence-corrected chi connectivity index (χ1v) is 8.88. The van der Waals surface area contributed by atoms with Crippen LogP contribution in [-0.4, -0.2) is 42.4 Å². The smallest absolute Gasteiger partial charge is 0.0916 e. The topological polar surface area (TPSA) is 32.7 Å². The number of nitrogens with zero attached hydrogens (tertiary/aromatic N) is 1. The predicted octanol–water partition coefficient (Wildman–Crippen LogP) is 3.39. The van der Waals surface area contributed by atoms with Crippen LogP contribution in [0.15, 0.2) is 30.3 Å². The lowest BCUT2D eigenvalue weighted by Crippen LogP contribution is -2.39. The van der Waals surface area contributed by atoms with Gasteiger partial charge in [-0.15, -0.1) is 0 Å². The standard InChI is InChI=1S/C19H29NO2/c21-19(17-8-2-1-3-9-17)14-20-12-10-18(11-13-20)22-15-16-6-4-5-7-16/h1-3,8-9,16,18-19,21H,4-7,10-15H2/t19-/m1/s1. The highest BCUT2D eigenvalue weighted by Crippen LogP contribution is 2.26. The van der Waals surface area contributed by atoms with E-state index in [0.29, 0.717) is 6.10 Å². The number of likely N-dealkylation sites (tertiary alicyclic amines) is 1. The molecule has 2 fully saturated rings. The van der Waals surface area contributed by atoms with E-state index in [4.69, 9.17) is 4.74 Å². The lowest BCUT2D eigenvalue weighted by Gasteiger charge is -2.33. The van der Waals surface area contributed by atoms with Gasteiger partial charge in [0.2, 0.25) is 0 Å². The Morgan fingerprint density at radius 1 is 1.05 bits per heavy atom. The number of ether oxygens (including phenoxy) is 1. The lowest BCUT2D eigenvalue weighted by molar-refractivity contribution is -0.0156. The minimum Gasteiger partial charge on any atom is -0.387 e. The highest BCUT2D eigenvalue weighted by molar-refractivity contribution is 5.17. The Hall–Kier alpha value is -0.900. The molecule has 0 radical (unpaired) electrons. The average Bonchev–Trinajstić information content (AvgIpc) is 3.08. The van der Waals surface area contributed by atoms with E-state index >= 15 is 0 Å². The van der Waals surface area contributed by atoms with Crippen LogP contribution < -0.4 is 0 Å². The molecule has 1 aromatic rings. The van der Waals surface area contributed by atoms with Crippen LogP contribution in [0.4, 0.5) is 0 Å². The molecule has 22 heavy (non-hydrogen) atoms. The third kappa shape index (κ3) is 4.55. The van der Waals surface area contributed by atoms with Crippen molar-refractivity contribution < 1.29 is 9.84 Å². The second kappa shape index (κ2) is 8.09. The molecule has 3 nitrogen and oxygen atoms in total. The van der Waals surface area contributed by atoms with Crippen LogP contribution in [0.25, 0.3) is 0 Å². The SMILES string of the molecule is O[C@H](CN1CCC(OCC2CCCC2)CC1)c1ccccc1. The molecule has 3 heteroatoms. The Morgan fingerprint density at radius 3 is 2.41 bits per heavy atom. The Balaban J connectivity index is 1.36. The van der Waals surface area contributed by atoms with E-state index in [2.05, 4.69) is 4.90 Å². The number of β-amino-alcohol motifs (C(OH)–C–C–N with tert-alkyl or cyclic N) is 1. The molecule has 0 amide bonds. The molecule has 1 aliphatic carbocycles. The molecule has 1 heterocycles. The first-order valence-electron chi connectivity index (χ1n) is 8.88. The fourth-order valence-corrected chi connectivity index (χ4v) is 3.73. The van der Waals surface area contributed by atoms with Gasteiger partial charge in [0.05, 0.1) is 12.2 Å². The summed E-state index contributed by atoms with van der Waals surface area (Å²) in [6.45, 7) is 3.79. The van der Waals surface area contributed by atoms with Gasteiger partial charge in [0.1, 0.15) is 0 Å². The Kier molecular flexibility index (Phi) is 5.88. The maximum absolute atomic E-state index is 10.3. The summed E-state index contributed by atoms with van der Waals surface area (Å²) in [6.07, 6.45) is 7.78. The minimum absolute atomic E-state index is 0.378. The van der Waals surface area contributed by atoms with E-state index in [1.54, 1.807) is 0 Å². The number of piperidine rings is 1. The normalized spacial score (nSPS) is 23.0. The van der Waals surface area contributed by atoms with Gasteiger partial charge in [-0.25, -0.2) is 0 Å². The molecule has 0 spiro atoms. The summed E-state index contributed by atoms with van der Waals surface area (Å²) in [5.41, 5.74) is 1.02. The molecule has 0 aromatic heterocycles. The first kappa shape index (κ1) is 16.0. The van der Waals surface area contributed by atoms with Crippen LogP contribution in [0.5, 0.6) is 0 Å². The van der Waals surface area contributed by atoms with Crippen LogP contribution in [0.3, 0.4) is 0 Å². The molecule has 0 unspecified atom stereocenters. The Morgan fingerprint density at radius 2 is 1.73 bits per heavy atom. The van der Waals surface area contributed by atoms with E-state index in [1.807, 2.05) is 30.3 Å². The van der Waals surface area contributed by atoms with Gasteiger partial charge in [-0.05, 0) is 37.2 Å². The highest BCUT2D eigenvalue weighted by atomic mass is 16.5. The monoisotopic (exact) mass is 303 g/mol. The van der Waals surface area contributed by atoms with Gasteiger partial charge in [0, 0.05) is 26.2 Å². The van der Waals surface area contributed by atoms with Crippen molar-refractivity contribution in [2.24, 2.45) is 5.92 Å². The molecular weight excluding hydrogens is 274 g/mol. The summed E-state index contributed by atoms with van der Waals surface area (Å²) in [7, 11) is 0. The van der Waals surface area contributed by atoms with Crippen molar-refractivity contribution in [1.29, 1.82) is 0 Å². The van der Waals surface area contributed by atoms with Gasteiger partial charge < -0.3 is 14.7 Å². The van der Waals surface area contributed by atoms with E-state index < -0.39 is 0 Å². The number of rotatable bonds is 6. The molecule has 2 aliphatic rings. The molecule has 1 atom stereocenters. The van der Waals surface area contributed by atoms with Crippen molar-refractivity contribution in [3.63, 3.8) is 0 Å². The summed E-state index contributed by atoms with van der Waals surface area (Å²) < 4.78 is 6.12.